The second kappa shape index (κ2) is 25.8. The first kappa shape index (κ1) is 56.1. The van der Waals surface area contributed by atoms with Gasteiger partial charge in [-0.15, -0.1) is 0 Å². The van der Waals surface area contributed by atoms with Gasteiger partial charge in [-0.3, -0.25) is 0 Å². The second-order valence-electron chi connectivity index (χ2n) is 15.1. The summed E-state index contributed by atoms with van der Waals surface area (Å²) in [6.07, 6.45) is 5.40. The Morgan fingerprint density at radius 1 is 0.346 bits per heavy atom. The van der Waals surface area contributed by atoms with E-state index in [0.29, 0.717) is 0 Å². The first-order valence-corrected chi connectivity index (χ1v) is 27.8. The van der Waals surface area contributed by atoms with Gasteiger partial charge in [0.05, 0.1) is 0 Å². The van der Waals surface area contributed by atoms with Crippen LogP contribution in [0.15, 0.2) is 226 Å². The average molecular weight is 1120 g/mol. The molecule has 24 heteroatoms. The molecule has 0 atom stereocenters. The number of nitrogens with one attached hydrogen (secondary N) is 2. The second-order valence-corrected chi connectivity index (χ2v) is 22.4. The number of para-hydroxylation sites is 12. The normalized spacial score (nSPS) is 14.1. The zero-order valence-electron chi connectivity index (χ0n) is 40.8. The zero-order valence-corrected chi connectivity index (χ0v) is 43.7. The first-order chi connectivity index (χ1) is 37.6. The van der Waals surface area contributed by atoms with Crippen LogP contribution in [0.2, 0.25) is 0 Å². The van der Waals surface area contributed by atoms with Crippen LogP contribution in [-0.4, -0.2) is 35.8 Å². The third kappa shape index (κ3) is 14.4. The number of benzene rings is 6. The standard InChI is InChI=1S/C54H46N3O18P3/c1-7-49(58)64-37-25-13-19-31-43(37)70-76(71-44-32-20-14-26-38(44)65-50(59)8-2)55-77(72-45-33-21-15-27-39(45)66-51(60)9-3,73-46-34-22-16-28-40(46)67-52(61)10-4)57-78(56-76,74-47-35-23-17-29-41(47)68-53(62)11-5)75-48-36-24-18-30-42(48)69-54(63)12-6/h7-36,55-56,76-77H,1-6H2. The number of ether oxygens (including phenoxy) is 6. The fourth-order valence-electron chi connectivity index (χ4n) is 6.45. The minimum absolute atomic E-state index is 0.220. The Labute approximate surface area is 447 Å². The molecular formula is C54H46N3O18P3. The summed E-state index contributed by atoms with van der Waals surface area (Å²) in [4.78, 5) is 84.2. The Hall–Kier alpha value is -9.61. The van der Waals surface area contributed by atoms with E-state index in [1.807, 2.05) is 0 Å². The van der Waals surface area contributed by atoms with E-state index in [1.165, 1.54) is 146 Å². The first-order valence-electron chi connectivity index (χ1n) is 22.6. The van der Waals surface area contributed by atoms with Crippen LogP contribution in [0.1, 0.15) is 0 Å². The van der Waals surface area contributed by atoms with E-state index in [2.05, 4.69) is 49.2 Å². The molecule has 0 unspecified atom stereocenters. The van der Waals surface area contributed by atoms with Crippen LogP contribution in [0.3, 0.4) is 0 Å². The van der Waals surface area contributed by atoms with Gasteiger partial charge in [0.2, 0.25) is 0 Å². The summed E-state index contributed by atoms with van der Waals surface area (Å²) >= 11 is 0. The molecule has 400 valence electrons. The predicted molar refractivity (Wildman–Crippen MR) is 290 cm³/mol. The molecule has 0 aliphatic carbocycles. The molecule has 1 aliphatic rings. The van der Waals surface area contributed by atoms with Crippen molar-refractivity contribution in [1.29, 1.82) is 0 Å². The molecule has 0 saturated heterocycles. The summed E-state index contributed by atoms with van der Waals surface area (Å²) in [5, 5.41) is 0. The molecule has 1 heterocycles. The van der Waals surface area contributed by atoms with Crippen molar-refractivity contribution in [2.24, 2.45) is 4.52 Å². The molecule has 78 heavy (non-hydrogen) atoms. The van der Waals surface area contributed by atoms with Crippen molar-refractivity contribution in [2.45, 2.75) is 0 Å². The average Bonchev–Trinajstić information content (AvgIpc) is 3.60. The molecular weight excluding hydrogens is 1070 g/mol. The third-order valence-corrected chi connectivity index (χ3v) is 19.6. The van der Waals surface area contributed by atoms with Gasteiger partial charge in [0.1, 0.15) is 0 Å². The van der Waals surface area contributed by atoms with E-state index in [0.717, 1.165) is 36.5 Å². The number of carbonyl (C=O) groups is 6. The molecule has 0 saturated carbocycles. The van der Waals surface area contributed by atoms with Gasteiger partial charge in [0, 0.05) is 0 Å². The summed E-state index contributed by atoms with van der Waals surface area (Å²) in [5.41, 5.74) is 0. The molecule has 0 bridgehead atoms. The quantitative estimate of drug-likeness (QED) is 0.0247. The summed E-state index contributed by atoms with van der Waals surface area (Å²) in [5.74, 6) is -8.45. The Morgan fingerprint density at radius 3 is 0.821 bits per heavy atom. The fourth-order valence-corrected chi connectivity index (χ4v) is 18.1. The Kier molecular flexibility index (Phi) is 18.5. The van der Waals surface area contributed by atoms with Crippen LogP contribution < -0.4 is 65.3 Å². The number of rotatable bonds is 24. The van der Waals surface area contributed by atoms with E-state index in [9.17, 15) is 28.8 Å². The van der Waals surface area contributed by atoms with Crippen molar-refractivity contribution < 1.29 is 84.3 Å². The topological polar surface area (TPSA) is 250 Å². The van der Waals surface area contributed by atoms with Gasteiger partial charge in [-0.1, -0.05) is 0 Å². The zero-order chi connectivity index (χ0) is 55.7. The van der Waals surface area contributed by atoms with E-state index < -0.39 is 59.5 Å². The third-order valence-electron chi connectivity index (χ3n) is 9.68. The fraction of sp³-hybridized carbons (Fsp3) is 0. The summed E-state index contributed by atoms with van der Waals surface area (Å²) < 4.78 is 81.1. The van der Waals surface area contributed by atoms with Gasteiger partial charge in [-0.2, -0.15) is 0 Å². The van der Waals surface area contributed by atoms with Crippen LogP contribution >= 0.6 is 23.7 Å². The SMILES string of the molecule is C=CC(=O)Oc1ccccc1OP1(Oc2ccccc2OC(=O)C=C)=N[PH](Oc2ccccc2OC(=O)C=C)(Oc2ccccc2OC(=O)C=C)N[PH](Oc2ccccc2OC(=O)C=C)(Oc2ccccc2OC(=O)C=C)N1. The van der Waals surface area contributed by atoms with Gasteiger partial charge in [-0.05, 0) is 0 Å². The van der Waals surface area contributed by atoms with Crippen LogP contribution in [0, 0.1) is 0 Å². The Bertz CT molecular complexity index is 3210. The Balaban J connectivity index is 1.67. The van der Waals surface area contributed by atoms with Crippen molar-refractivity contribution in [2.75, 3.05) is 0 Å². The predicted octanol–water partition coefficient (Wildman–Crippen LogP) is 11.0. The maximum absolute atomic E-state index is 13.0. The van der Waals surface area contributed by atoms with Crippen LogP contribution in [0.25, 0.3) is 0 Å². The maximum atomic E-state index is 13.0. The van der Waals surface area contributed by atoms with Crippen LogP contribution in [-0.2, 0) is 28.8 Å². The summed E-state index contributed by atoms with van der Waals surface area (Å²) in [6, 6.07) is 34.7. The molecule has 7 rings (SSSR count). The van der Waals surface area contributed by atoms with Crippen LogP contribution in [0.4, 0.5) is 0 Å². The number of hydrogen-bond acceptors (Lipinski definition) is 21. The van der Waals surface area contributed by atoms with Gasteiger partial charge in [0.15, 0.2) is 0 Å². The van der Waals surface area contributed by atoms with Crippen molar-refractivity contribution in [3.63, 3.8) is 0 Å². The van der Waals surface area contributed by atoms with E-state index >= 15 is 0 Å². The number of carbonyl (C=O) groups excluding carboxylic acids is 6. The van der Waals surface area contributed by atoms with Crippen molar-refractivity contribution >= 4 is 59.5 Å². The minimum atomic E-state index is -5.47. The molecule has 0 fully saturated rings. The van der Waals surface area contributed by atoms with Crippen molar-refractivity contribution in [1.82, 2.24) is 9.72 Å². The summed E-state index contributed by atoms with van der Waals surface area (Å²) in [6.45, 7) is 21.1. The molecule has 0 aromatic heterocycles. The molecule has 0 amide bonds. The molecule has 0 spiro atoms. The van der Waals surface area contributed by atoms with Crippen molar-refractivity contribution in [3.8, 4) is 69.0 Å². The molecule has 2 N–H and O–H groups in total. The van der Waals surface area contributed by atoms with Crippen molar-refractivity contribution in [3.05, 3.63) is 222 Å². The molecule has 0 radical (unpaired) electrons. The summed E-state index contributed by atoms with van der Waals surface area (Å²) in [7, 11) is -15.8. The molecule has 21 nitrogen and oxygen atoms in total. The van der Waals surface area contributed by atoms with Gasteiger partial charge in [0.25, 0.3) is 0 Å². The van der Waals surface area contributed by atoms with Gasteiger partial charge in [-0.25, -0.2) is 0 Å². The van der Waals surface area contributed by atoms with E-state index in [1.54, 1.807) is 0 Å². The van der Waals surface area contributed by atoms with Gasteiger partial charge < -0.3 is 0 Å². The van der Waals surface area contributed by atoms with E-state index in [4.69, 9.17) is 60.1 Å². The molecule has 1 aliphatic heterocycles. The van der Waals surface area contributed by atoms with E-state index in [-0.39, 0.29) is 69.0 Å². The molecule has 6 aromatic rings. The number of hydrogen-bond donors (Lipinski definition) is 2. The molecule has 6 aromatic carbocycles. The number of esters is 6. The van der Waals surface area contributed by atoms with Crippen LogP contribution in [0.5, 0.6) is 69.0 Å². The monoisotopic (exact) mass is 1120 g/mol. The Morgan fingerprint density at radius 2 is 0.564 bits per heavy atom. The van der Waals surface area contributed by atoms with Gasteiger partial charge >= 0.3 is 449 Å². The number of nitrogens with zero attached hydrogens (tertiary/aromatic N) is 1.